The molecular weight excluding hydrogens is 587 g/mol. The third-order valence-corrected chi connectivity index (χ3v) is 8.13. The summed E-state index contributed by atoms with van der Waals surface area (Å²) in [6.45, 7) is 12.5. The van der Waals surface area contributed by atoms with Crippen LogP contribution in [0.25, 0.3) is 28.0 Å². The number of aromatic nitrogens is 4. The molecule has 2 aliphatic heterocycles. The number of halogens is 2. The Hall–Kier alpha value is -4.25. The van der Waals surface area contributed by atoms with E-state index in [1.54, 1.807) is 29.3 Å². The summed E-state index contributed by atoms with van der Waals surface area (Å²) >= 11 is 6.99. The fourth-order valence-corrected chi connectivity index (χ4v) is 6.08. The molecule has 1 fully saturated rings. The molecule has 12 heteroatoms. The molecule has 0 spiro atoms. The molecule has 44 heavy (non-hydrogen) atoms. The van der Waals surface area contributed by atoms with Gasteiger partial charge in [0.05, 0.1) is 23.1 Å². The average Bonchev–Trinajstić information content (AvgIpc) is 3.12. The third kappa shape index (κ3) is 5.12. The zero-order valence-electron chi connectivity index (χ0n) is 25.5. The monoisotopic (exact) mass is 620 g/mol. The Bertz CT molecular complexity index is 1850. The van der Waals surface area contributed by atoms with Crippen molar-refractivity contribution in [2.24, 2.45) is 0 Å². The van der Waals surface area contributed by atoms with E-state index in [4.69, 9.17) is 26.1 Å². The number of nitrogens with zero attached hydrogens (tertiary/aromatic N) is 6. The van der Waals surface area contributed by atoms with Gasteiger partial charge in [0.25, 0.3) is 0 Å². The SMILES string of the molecule is Cc1ccnc(C(C)C)c1-n1c(=O)nc2c3c(c(Cl)c(-c4ccccc4F)nc31)OC[C@H]1CN(C(=O)OC(C)(C)C)CCN21. The number of pyridine rings is 2. The lowest BCUT2D eigenvalue weighted by atomic mass is 10.0. The first kappa shape index (κ1) is 29.8. The van der Waals surface area contributed by atoms with Crippen LogP contribution in [0.4, 0.5) is 15.0 Å². The van der Waals surface area contributed by atoms with Crippen LogP contribution in [-0.4, -0.2) is 68.4 Å². The molecule has 230 valence electrons. The summed E-state index contributed by atoms with van der Waals surface area (Å²) in [7, 11) is 0. The maximum absolute atomic E-state index is 15.2. The quantitative estimate of drug-likeness (QED) is 0.280. The summed E-state index contributed by atoms with van der Waals surface area (Å²) in [6, 6.07) is 7.64. The highest BCUT2D eigenvalue weighted by Gasteiger charge is 2.38. The molecule has 0 bridgehead atoms. The predicted molar refractivity (Wildman–Crippen MR) is 167 cm³/mol. The Morgan fingerprint density at radius 2 is 1.91 bits per heavy atom. The number of anilines is 1. The molecular formula is C32H34ClFN6O4. The number of fused-ring (bicyclic) bond motifs is 2. The van der Waals surface area contributed by atoms with Crippen molar-refractivity contribution in [1.29, 1.82) is 0 Å². The molecule has 1 amide bonds. The molecule has 1 atom stereocenters. The van der Waals surface area contributed by atoms with E-state index in [1.165, 1.54) is 10.6 Å². The summed E-state index contributed by atoms with van der Waals surface area (Å²) in [5, 5.41) is 0.535. The largest absolute Gasteiger partial charge is 0.489 e. The van der Waals surface area contributed by atoms with Crippen molar-refractivity contribution in [3.05, 3.63) is 69.1 Å². The highest BCUT2D eigenvalue weighted by atomic mass is 35.5. The fourth-order valence-electron chi connectivity index (χ4n) is 5.79. The van der Waals surface area contributed by atoms with Crippen LogP contribution in [0.15, 0.2) is 41.3 Å². The lowest BCUT2D eigenvalue weighted by Gasteiger charge is -2.41. The summed E-state index contributed by atoms with van der Waals surface area (Å²) in [6.07, 6.45) is 1.28. The molecule has 1 saturated heterocycles. The number of ether oxygens (including phenoxy) is 2. The molecule has 0 aliphatic carbocycles. The normalized spacial score (nSPS) is 16.5. The smallest absolute Gasteiger partial charge is 0.410 e. The predicted octanol–water partition coefficient (Wildman–Crippen LogP) is 5.89. The maximum Gasteiger partial charge on any atom is 0.410 e. The third-order valence-electron chi connectivity index (χ3n) is 7.78. The van der Waals surface area contributed by atoms with E-state index in [-0.39, 0.29) is 52.8 Å². The summed E-state index contributed by atoms with van der Waals surface area (Å²) in [5.74, 6) is 0.0550. The number of piperazine rings is 1. The van der Waals surface area contributed by atoms with Crippen LogP contribution in [0.2, 0.25) is 5.02 Å². The highest BCUT2D eigenvalue weighted by Crippen LogP contribution is 2.45. The van der Waals surface area contributed by atoms with Gasteiger partial charge in [0.15, 0.2) is 11.4 Å². The molecule has 0 radical (unpaired) electrons. The van der Waals surface area contributed by atoms with Gasteiger partial charge in [-0.3, -0.25) is 4.98 Å². The van der Waals surface area contributed by atoms with Gasteiger partial charge in [0.2, 0.25) is 0 Å². The van der Waals surface area contributed by atoms with E-state index in [2.05, 4.69) is 9.97 Å². The summed E-state index contributed by atoms with van der Waals surface area (Å²) < 4.78 is 28.6. The van der Waals surface area contributed by atoms with Crippen LogP contribution in [0.3, 0.4) is 0 Å². The standard InChI is InChI=1S/C32H34ClFN6O4/c1-17(2)24-26(18(3)11-12-35-24)40-29-22-27(23(33)25(36-29)20-9-7-8-10-21(20)34)43-16-19-15-38(31(42)44-32(4,5)6)13-14-39(19)28(22)37-30(40)41/h7-12,17,19H,13-16H2,1-6H3/t19-/m1/s1. The number of rotatable bonds is 3. The molecule has 6 rings (SSSR count). The molecule has 2 aliphatic rings. The zero-order valence-corrected chi connectivity index (χ0v) is 26.3. The van der Waals surface area contributed by atoms with Gasteiger partial charge in [-0.15, -0.1) is 0 Å². The first-order valence-corrected chi connectivity index (χ1v) is 15.0. The minimum Gasteiger partial charge on any atom is -0.489 e. The van der Waals surface area contributed by atoms with Gasteiger partial charge in [0.1, 0.15) is 34.3 Å². The number of carbonyl (C=O) groups is 1. The van der Waals surface area contributed by atoms with Crippen LogP contribution in [0.5, 0.6) is 5.75 Å². The van der Waals surface area contributed by atoms with Crippen molar-refractivity contribution < 1.29 is 18.7 Å². The van der Waals surface area contributed by atoms with Crippen molar-refractivity contribution in [2.45, 2.75) is 59.1 Å². The van der Waals surface area contributed by atoms with Gasteiger partial charge in [-0.2, -0.15) is 4.98 Å². The number of amides is 1. The van der Waals surface area contributed by atoms with Crippen LogP contribution in [0.1, 0.15) is 51.8 Å². The Labute approximate surface area is 259 Å². The minimum absolute atomic E-state index is 0.0263. The van der Waals surface area contributed by atoms with E-state index in [0.29, 0.717) is 35.7 Å². The van der Waals surface area contributed by atoms with Gasteiger partial charge in [-0.25, -0.2) is 23.5 Å². The van der Waals surface area contributed by atoms with Crippen LogP contribution >= 0.6 is 11.6 Å². The topological polar surface area (TPSA) is 103 Å². The van der Waals surface area contributed by atoms with E-state index >= 15 is 4.39 Å². The molecule has 0 N–H and O–H groups in total. The van der Waals surface area contributed by atoms with Gasteiger partial charge in [-0.1, -0.05) is 37.6 Å². The van der Waals surface area contributed by atoms with Crippen molar-refractivity contribution in [3.8, 4) is 22.7 Å². The highest BCUT2D eigenvalue weighted by molar-refractivity contribution is 6.36. The molecule has 5 heterocycles. The number of hydrogen-bond acceptors (Lipinski definition) is 8. The molecule has 10 nitrogen and oxygen atoms in total. The molecule has 0 unspecified atom stereocenters. The molecule has 4 aromatic rings. The van der Waals surface area contributed by atoms with Crippen molar-refractivity contribution in [1.82, 2.24) is 24.4 Å². The van der Waals surface area contributed by atoms with E-state index < -0.39 is 23.2 Å². The Morgan fingerprint density at radius 3 is 2.61 bits per heavy atom. The first-order chi connectivity index (χ1) is 20.9. The van der Waals surface area contributed by atoms with Crippen LogP contribution in [-0.2, 0) is 4.74 Å². The maximum atomic E-state index is 15.2. The number of hydrogen-bond donors (Lipinski definition) is 0. The lowest BCUT2D eigenvalue weighted by Crippen LogP contribution is -2.57. The van der Waals surface area contributed by atoms with Crippen molar-refractivity contribution in [2.75, 3.05) is 31.1 Å². The van der Waals surface area contributed by atoms with Crippen LogP contribution < -0.4 is 15.3 Å². The van der Waals surface area contributed by atoms with Gasteiger partial charge in [-0.05, 0) is 57.4 Å². The average molecular weight is 621 g/mol. The van der Waals surface area contributed by atoms with Crippen molar-refractivity contribution in [3.63, 3.8) is 0 Å². The second-order valence-electron chi connectivity index (χ2n) is 12.4. The first-order valence-electron chi connectivity index (χ1n) is 14.6. The zero-order chi connectivity index (χ0) is 31.5. The Morgan fingerprint density at radius 1 is 1.16 bits per heavy atom. The second kappa shape index (κ2) is 11.0. The summed E-state index contributed by atoms with van der Waals surface area (Å²) in [5.41, 5.74) is 1.36. The van der Waals surface area contributed by atoms with Gasteiger partial charge >= 0.3 is 11.8 Å². The van der Waals surface area contributed by atoms with E-state index in [0.717, 1.165) is 5.56 Å². The molecule has 3 aromatic heterocycles. The van der Waals surface area contributed by atoms with Gasteiger partial charge < -0.3 is 19.3 Å². The second-order valence-corrected chi connectivity index (χ2v) is 12.8. The van der Waals surface area contributed by atoms with E-state index in [1.807, 2.05) is 52.5 Å². The van der Waals surface area contributed by atoms with Crippen molar-refractivity contribution >= 4 is 34.5 Å². The lowest BCUT2D eigenvalue weighted by molar-refractivity contribution is 0.0202. The Balaban J connectivity index is 1.61. The number of aryl methyl sites for hydroxylation is 1. The fraction of sp³-hybridized carbons (Fsp3) is 0.406. The molecule has 0 saturated carbocycles. The summed E-state index contributed by atoms with van der Waals surface area (Å²) in [4.78, 5) is 44.7. The number of carbonyl (C=O) groups excluding carboxylic acids is 1. The van der Waals surface area contributed by atoms with E-state index in [9.17, 15) is 9.59 Å². The van der Waals surface area contributed by atoms with Gasteiger partial charge in [0, 0.05) is 31.4 Å². The minimum atomic E-state index is -0.649. The Kier molecular flexibility index (Phi) is 7.47. The number of benzene rings is 1. The molecule has 1 aromatic carbocycles. The van der Waals surface area contributed by atoms with Crippen LogP contribution in [0, 0.1) is 12.7 Å².